The van der Waals surface area contributed by atoms with Crippen molar-refractivity contribution in [3.05, 3.63) is 78.4 Å². The second-order valence-electron chi connectivity index (χ2n) is 5.09. The normalized spacial score (nSPS) is 10.5. The number of aromatic carboxylic acids is 1. The summed E-state index contributed by atoms with van der Waals surface area (Å²) in [6.45, 7) is 0. The Morgan fingerprint density at radius 3 is 1.96 bits per heavy atom. The Bertz CT molecular complexity index is 877. The molecule has 0 aliphatic heterocycles. The number of carbonyl (C=O) groups is 1. The van der Waals surface area contributed by atoms with Gasteiger partial charge in [0.1, 0.15) is 5.56 Å². The zero-order valence-corrected chi connectivity index (χ0v) is 13.6. The van der Waals surface area contributed by atoms with Gasteiger partial charge in [-0.2, -0.15) is 0 Å². The van der Waals surface area contributed by atoms with E-state index in [-0.39, 0.29) is 11.3 Å². The highest BCUT2D eigenvalue weighted by molar-refractivity contribution is 7.17. The van der Waals surface area contributed by atoms with E-state index in [1.807, 2.05) is 60.7 Å². The molecule has 0 heterocycles. The van der Waals surface area contributed by atoms with Gasteiger partial charge in [-0.25, -0.2) is 4.79 Å². The number of carboxylic acids is 1. The van der Waals surface area contributed by atoms with Crippen LogP contribution in [0.15, 0.2) is 72.8 Å². The van der Waals surface area contributed by atoms with Crippen molar-refractivity contribution < 1.29 is 19.0 Å². The quantitative estimate of drug-likeness (QED) is 0.663. The molecule has 3 aromatic rings. The summed E-state index contributed by atoms with van der Waals surface area (Å²) in [5.41, 5.74) is 3.14. The predicted molar refractivity (Wildman–Crippen MR) is 93.9 cm³/mol. The van der Waals surface area contributed by atoms with Crippen LogP contribution in [-0.4, -0.2) is 11.1 Å². The molecule has 1 N–H and O–H groups in total. The van der Waals surface area contributed by atoms with Crippen molar-refractivity contribution in [1.29, 1.82) is 0 Å². The summed E-state index contributed by atoms with van der Waals surface area (Å²) in [7, 11) is -1.09. The largest absolute Gasteiger partial charge is 0.542 e. The molecule has 0 amide bonds. The van der Waals surface area contributed by atoms with E-state index in [1.165, 1.54) is 6.07 Å². The predicted octanol–water partition coefficient (Wildman–Crippen LogP) is 5.04. The molecule has 4 nitrogen and oxygen atoms in total. The average molecular weight is 337 g/mol. The van der Waals surface area contributed by atoms with Gasteiger partial charge < -0.3 is 5.11 Å². The first-order valence-corrected chi connectivity index (χ1v) is 8.09. The molecule has 3 aromatic carbocycles. The van der Waals surface area contributed by atoms with Crippen LogP contribution in [-0.2, 0) is 4.57 Å². The van der Waals surface area contributed by atoms with E-state index in [1.54, 1.807) is 6.07 Å². The van der Waals surface area contributed by atoms with Crippen LogP contribution < -0.4 is 4.52 Å². The molecule has 1 atom stereocenters. The van der Waals surface area contributed by atoms with Crippen LogP contribution >= 0.6 is 8.69 Å². The molecule has 1 unspecified atom stereocenters. The highest BCUT2D eigenvalue weighted by Gasteiger charge is 2.23. The summed E-state index contributed by atoms with van der Waals surface area (Å²) in [4.78, 5) is 11.5. The summed E-state index contributed by atoms with van der Waals surface area (Å²) in [6.07, 6.45) is 0. The van der Waals surface area contributed by atoms with Crippen LogP contribution in [0.3, 0.4) is 0 Å². The molecule has 0 saturated heterocycles. The second-order valence-corrected chi connectivity index (χ2v) is 5.46. The third-order valence-electron chi connectivity index (χ3n) is 3.68. The molecule has 3 rings (SSSR count). The Morgan fingerprint density at radius 1 is 0.833 bits per heavy atom. The molecule has 118 valence electrons. The smallest absolute Gasteiger partial charge is 0.478 e. The lowest BCUT2D eigenvalue weighted by Crippen LogP contribution is -2.01. The van der Waals surface area contributed by atoms with Crippen LogP contribution in [0.25, 0.3) is 22.3 Å². The molecule has 0 fully saturated rings. The fraction of sp³-hybridized carbons (Fsp3) is 0. The van der Waals surface area contributed by atoms with E-state index in [0.29, 0.717) is 5.56 Å². The Kier molecular flexibility index (Phi) is 4.69. The summed E-state index contributed by atoms with van der Waals surface area (Å²) in [6, 6.07) is 22.2. The monoisotopic (exact) mass is 337 g/mol. The number of carboxylic acid groups (broad SMARTS) is 1. The van der Waals surface area contributed by atoms with E-state index in [2.05, 4.69) is 0 Å². The molecular formula is C19H14O4P+. The molecule has 0 bridgehead atoms. The molecule has 0 spiro atoms. The fourth-order valence-electron chi connectivity index (χ4n) is 2.65. The van der Waals surface area contributed by atoms with Crippen molar-refractivity contribution in [2.75, 3.05) is 0 Å². The van der Waals surface area contributed by atoms with Crippen molar-refractivity contribution in [3.8, 4) is 28.0 Å². The van der Waals surface area contributed by atoms with Crippen molar-refractivity contribution in [1.82, 2.24) is 0 Å². The van der Waals surface area contributed by atoms with Gasteiger partial charge in [-0.1, -0.05) is 66.7 Å². The van der Waals surface area contributed by atoms with Gasteiger partial charge in [0.05, 0.1) is 0 Å². The van der Waals surface area contributed by atoms with E-state index in [0.717, 1.165) is 16.7 Å². The van der Waals surface area contributed by atoms with Crippen molar-refractivity contribution >= 4 is 14.7 Å². The van der Waals surface area contributed by atoms with Gasteiger partial charge in [-0.3, -0.25) is 4.52 Å². The lowest BCUT2D eigenvalue weighted by molar-refractivity contribution is 0.0695. The number of hydrogen-bond acceptors (Lipinski definition) is 3. The first kappa shape index (κ1) is 15.9. The topological polar surface area (TPSA) is 63.6 Å². The standard InChI is InChI=1S/C19H13O4P/c20-19(21)16-12-11-15(13-7-3-1-4-8-13)17(18(16)23-24-22)14-9-5-2-6-10-14/h1-12,24H/p+1. The van der Waals surface area contributed by atoms with Gasteiger partial charge in [0.25, 0.3) is 0 Å². The van der Waals surface area contributed by atoms with Gasteiger partial charge >= 0.3 is 14.7 Å². The highest BCUT2D eigenvalue weighted by atomic mass is 31.1. The van der Waals surface area contributed by atoms with Crippen LogP contribution in [0.1, 0.15) is 10.4 Å². The Balaban J connectivity index is 2.36. The van der Waals surface area contributed by atoms with E-state index in [4.69, 9.17) is 4.52 Å². The first-order chi connectivity index (χ1) is 11.7. The average Bonchev–Trinajstić information content (AvgIpc) is 2.63. The number of benzene rings is 3. The zero-order valence-electron chi connectivity index (χ0n) is 12.6. The van der Waals surface area contributed by atoms with Gasteiger partial charge in [-0.05, 0) is 27.3 Å². The summed E-state index contributed by atoms with van der Waals surface area (Å²) < 4.78 is 16.4. The minimum absolute atomic E-state index is 0.0168. The molecule has 0 aromatic heterocycles. The molecular weight excluding hydrogens is 323 g/mol. The molecule has 0 aliphatic rings. The van der Waals surface area contributed by atoms with Gasteiger partial charge in [-0.15, -0.1) is 0 Å². The lowest BCUT2D eigenvalue weighted by atomic mass is 9.91. The number of hydrogen-bond donors (Lipinski definition) is 1. The Morgan fingerprint density at radius 2 is 1.42 bits per heavy atom. The van der Waals surface area contributed by atoms with E-state index >= 15 is 0 Å². The minimum atomic E-state index is -1.12. The summed E-state index contributed by atoms with van der Waals surface area (Å²) in [5, 5.41) is 9.45. The lowest BCUT2D eigenvalue weighted by Gasteiger charge is -2.14. The number of rotatable bonds is 5. The second kappa shape index (κ2) is 7.07. The van der Waals surface area contributed by atoms with Crippen LogP contribution in [0, 0.1) is 0 Å². The fourth-order valence-corrected chi connectivity index (χ4v) is 2.94. The van der Waals surface area contributed by atoms with E-state index < -0.39 is 14.7 Å². The van der Waals surface area contributed by atoms with Crippen LogP contribution in [0.5, 0.6) is 5.75 Å². The van der Waals surface area contributed by atoms with E-state index in [9.17, 15) is 14.5 Å². The maximum Gasteiger partial charge on any atom is 0.542 e. The Labute approximate surface area is 140 Å². The molecule has 0 radical (unpaired) electrons. The molecule has 0 aliphatic carbocycles. The van der Waals surface area contributed by atoms with Gasteiger partial charge in [0.15, 0.2) is 0 Å². The molecule has 24 heavy (non-hydrogen) atoms. The maximum absolute atomic E-state index is 11.5. The van der Waals surface area contributed by atoms with Crippen molar-refractivity contribution in [2.24, 2.45) is 0 Å². The SMILES string of the molecule is O=[PH+]Oc1c(C(=O)O)ccc(-c2ccccc2)c1-c1ccccc1. The highest BCUT2D eigenvalue weighted by Crippen LogP contribution is 2.42. The van der Waals surface area contributed by atoms with Gasteiger partial charge in [0.2, 0.25) is 5.75 Å². The third-order valence-corrected chi connectivity index (χ3v) is 3.97. The van der Waals surface area contributed by atoms with Crippen molar-refractivity contribution in [2.45, 2.75) is 0 Å². The zero-order chi connectivity index (χ0) is 16.9. The maximum atomic E-state index is 11.5. The van der Waals surface area contributed by atoms with Gasteiger partial charge in [0, 0.05) is 5.56 Å². The minimum Gasteiger partial charge on any atom is -0.478 e. The summed E-state index contributed by atoms with van der Waals surface area (Å²) >= 11 is 0. The van der Waals surface area contributed by atoms with Crippen LogP contribution in [0.2, 0.25) is 0 Å². The van der Waals surface area contributed by atoms with Crippen molar-refractivity contribution in [3.63, 3.8) is 0 Å². The molecule has 0 saturated carbocycles. The molecule has 5 heteroatoms. The Hall–Kier alpha value is -2.97. The summed E-state index contributed by atoms with van der Waals surface area (Å²) in [5.74, 6) is -1.01. The van der Waals surface area contributed by atoms with Crippen LogP contribution in [0.4, 0.5) is 0 Å². The third kappa shape index (κ3) is 3.05. The first-order valence-electron chi connectivity index (χ1n) is 7.27.